The van der Waals surface area contributed by atoms with Gasteiger partial charge in [0, 0.05) is 17.2 Å². The zero-order valence-electron chi connectivity index (χ0n) is 16.2. The molecular weight excluding hydrogens is 320 g/mol. The van der Waals surface area contributed by atoms with Crippen molar-refractivity contribution in [3.05, 3.63) is 59.7 Å². The van der Waals surface area contributed by atoms with Crippen LogP contribution in [0.3, 0.4) is 0 Å². The predicted octanol–water partition coefficient (Wildman–Crippen LogP) is 6.73. The number of ether oxygens (including phenoxy) is 2. The molecule has 0 saturated heterocycles. The molecule has 1 aromatic carbocycles. The fourth-order valence-electron chi connectivity index (χ4n) is 3.59. The summed E-state index contributed by atoms with van der Waals surface area (Å²) in [7, 11) is 0. The Morgan fingerprint density at radius 2 is 1.27 bits per heavy atom. The number of fused-ring (bicyclic) bond motifs is 2. The number of benzene rings is 1. The van der Waals surface area contributed by atoms with Crippen LogP contribution in [0, 0.1) is 0 Å². The summed E-state index contributed by atoms with van der Waals surface area (Å²) in [5.74, 6) is 1.80. The van der Waals surface area contributed by atoms with Crippen LogP contribution in [0.15, 0.2) is 48.6 Å². The quantitative estimate of drug-likeness (QED) is 0.517. The lowest BCUT2D eigenvalue weighted by Gasteiger charge is -2.26. The smallest absolute Gasteiger partial charge is 0.131 e. The number of hydrogen-bond donors (Lipinski definition) is 0. The molecule has 2 aliphatic heterocycles. The lowest BCUT2D eigenvalue weighted by molar-refractivity contribution is 0.338. The Kier molecular flexibility index (Phi) is 6.03. The Labute approximate surface area is 157 Å². The van der Waals surface area contributed by atoms with Crippen molar-refractivity contribution in [2.75, 3.05) is 13.2 Å². The van der Waals surface area contributed by atoms with Gasteiger partial charge in [-0.3, -0.25) is 0 Å². The van der Waals surface area contributed by atoms with Crippen LogP contribution < -0.4 is 9.47 Å². The first-order valence-electron chi connectivity index (χ1n) is 9.86. The van der Waals surface area contributed by atoms with E-state index in [1.54, 1.807) is 0 Å². The van der Waals surface area contributed by atoms with Gasteiger partial charge >= 0.3 is 0 Å². The molecule has 0 aromatic heterocycles. The molecule has 26 heavy (non-hydrogen) atoms. The Morgan fingerprint density at radius 3 is 1.69 bits per heavy atom. The Morgan fingerprint density at radius 1 is 0.808 bits per heavy atom. The molecule has 0 radical (unpaired) electrons. The molecule has 0 N–H and O–H groups in total. The van der Waals surface area contributed by atoms with Crippen LogP contribution in [0.5, 0.6) is 11.5 Å². The second kappa shape index (κ2) is 8.44. The largest absolute Gasteiger partial charge is 0.489 e. The van der Waals surface area contributed by atoms with Gasteiger partial charge in [-0.25, -0.2) is 0 Å². The van der Waals surface area contributed by atoms with E-state index in [0.717, 1.165) is 35.5 Å². The Bertz CT molecular complexity index is 703. The highest BCUT2D eigenvalue weighted by atomic mass is 16.5. The van der Waals surface area contributed by atoms with Gasteiger partial charge in [-0.1, -0.05) is 39.8 Å². The summed E-state index contributed by atoms with van der Waals surface area (Å²) < 4.78 is 11.8. The average Bonchev–Trinajstić information content (AvgIpc) is 2.67. The maximum Gasteiger partial charge on any atom is 0.131 e. The normalized spacial score (nSPS) is 15.0. The van der Waals surface area contributed by atoms with Crippen molar-refractivity contribution < 1.29 is 9.47 Å². The standard InChI is InChI=1S/C24H30O2/c1-5-7-9-17(3)19-11-13-25-23-16-24-22(15-21(19)23)20(12-14-26-24)18(4)10-8-6-2/h11-12,15-16H,3-10,13-14H2,1-2H3. The van der Waals surface area contributed by atoms with Crippen LogP contribution in [0.25, 0.3) is 11.1 Å². The van der Waals surface area contributed by atoms with Crippen LogP contribution in [-0.2, 0) is 0 Å². The Balaban J connectivity index is 1.95. The van der Waals surface area contributed by atoms with E-state index in [2.05, 4.69) is 45.2 Å². The van der Waals surface area contributed by atoms with Gasteiger partial charge < -0.3 is 9.47 Å². The molecule has 2 aliphatic rings. The van der Waals surface area contributed by atoms with Crippen molar-refractivity contribution in [1.29, 1.82) is 0 Å². The summed E-state index contributed by atoms with van der Waals surface area (Å²) >= 11 is 0. The second-order valence-electron chi connectivity index (χ2n) is 7.12. The highest BCUT2D eigenvalue weighted by Gasteiger charge is 2.23. The third-order valence-corrected chi connectivity index (χ3v) is 5.14. The zero-order chi connectivity index (χ0) is 18.5. The van der Waals surface area contributed by atoms with E-state index in [9.17, 15) is 0 Å². The van der Waals surface area contributed by atoms with Gasteiger partial charge in [-0.05, 0) is 66.2 Å². The Hall–Kier alpha value is -2.22. The monoisotopic (exact) mass is 350 g/mol. The fraction of sp³-hybridized carbons (Fsp3) is 0.417. The van der Waals surface area contributed by atoms with Gasteiger partial charge in [-0.2, -0.15) is 0 Å². The molecular formula is C24H30O2. The first-order chi connectivity index (χ1) is 12.7. The van der Waals surface area contributed by atoms with Crippen molar-refractivity contribution in [3.63, 3.8) is 0 Å². The first-order valence-corrected chi connectivity index (χ1v) is 9.86. The minimum atomic E-state index is 0.595. The lowest BCUT2D eigenvalue weighted by Crippen LogP contribution is -2.11. The van der Waals surface area contributed by atoms with E-state index in [4.69, 9.17) is 9.47 Å². The molecule has 2 heterocycles. The highest BCUT2D eigenvalue weighted by Crippen LogP contribution is 2.44. The maximum absolute atomic E-state index is 5.90. The van der Waals surface area contributed by atoms with Crippen LogP contribution >= 0.6 is 0 Å². The summed E-state index contributed by atoms with van der Waals surface area (Å²) in [4.78, 5) is 0. The number of rotatable bonds is 8. The van der Waals surface area contributed by atoms with Crippen molar-refractivity contribution in [3.8, 4) is 11.5 Å². The number of hydrogen-bond acceptors (Lipinski definition) is 2. The second-order valence-corrected chi connectivity index (χ2v) is 7.12. The van der Waals surface area contributed by atoms with Crippen LogP contribution in [0.2, 0.25) is 0 Å². The van der Waals surface area contributed by atoms with Gasteiger partial charge in [0.15, 0.2) is 0 Å². The van der Waals surface area contributed by atoms with Crippen molar-refractivity contribution in [1.82, 2.24) is 0 Å². The topological polar surface area (TPSA) is 18.5 Å². The van der Waals surface area contributed by atoms with Crippen molar-refractivity contribution in [2.24, 2.45) is 0 Å². The van der Waals surface area contributed by atoms with Crippen LogP contribution in [0.1, 0.15) is 63.5 Å². The fourth-order valence-corrected chi connectivity index (χ4v) is 3.59. The molecule has 0 bridgehead atoms. The minimum absolute atomic E-state index is 0.595. The highest BCUT2D eigenvalue weighted by molar-refractivity contribution is 5.89. The summed E-state index contributed by atoms with van der Waals surface area (Å²) in [6.07, 6.45) is 11.1. The molecule has 0 amide bonds. The van der Waals surface area contributed by atoms with E-state index in [0.29, 0.717) is 13.2 Å². The van der Waals surface area contributed by atoms with E-state index in [1.165, 1.54) is 48.0 Å². The SMILES string of the molecule is C=C(CCCC)C1=CCOc2cc3c(cc21)C(C(=C)CCCC)=CCO3. The number of allylic oxidation sites excluding steroid dienone is 4. The van der Waals surface area contributed by atoms with E-state index in [1.807, 2.05) is 6.07 Å². The molecule has 1 aromatic rings. The minimum Gasteiger partial charge on any atom is -0.489 e. The molecule has 0 spiro atoms. The van der Waals surface area contributed by atoms with Gasteiger partial charge in [0.2, 0.25) is 0 Å². The molecule has 0 fully saturated rings. The maximum atomic E-state index is 5.90. The van der Waals surface area contributed by atoms with Crippen molar-refractivity contribution >= 4 is 11.1 Å². The number of unbranched alkanes of at least 4 members (excludes halogenated alkanes) is 2. The average molecular weight is 351 g/mol. The molecule has 3 rings (SSSR count). The van der Waals surface area contributed by atoms with Gasteiger partial charge in [0.1, 0.15) is 24.7 Å². The summed E-state index contributed by atoms with van der Waals surface area (Å²) in [6.45, 7) is 14.3. The van der Waals surface area contributed by atoms with E-state index < -0.39 is 0 Å². The molecule has 0 unspecified atom stereocenters. The lowest BCUT2D eigenvalue weighted by atomic mass is 9.87. The zero-order valence-corrected chi connectivity index (χ0v) is 16.2. The molecule has 0 aliphatic carbocycles. The molecule has 138 valence electrons. The van der Waals surface area contributed by atoms with E-state index in [-0.39, 0.29) is 0 Å². The molecule has 0 atom stereocenters. The van der Waals surface area contributed by atoms with Gasteiger partial charge in [0.05, 0.1) is 0 Å². The first kappa shape index (κ1) is 18.6. The van der Waals surface area contributed by atoms with Crippen LogP contribution in [0.4, 0.5) is 0 Å². The van der Waals surface area contributed by atoms with Crippen molar-refractivity contribution in [2.45, 2.75) is 52.4 Å². The van der Waals surface area contributed by atoms with Gasteiger partial charge in [0.25, 0.3) is 0 Å². The molecule has 2 heteroatoms. The third kappa shape index (κ3) is 3.80. The third-order valence-electron chi connectivity index (χ3n) is 5.14. The van der Waals surface area contributed by atoms with Crippen LogP contribution in [-0.4, -0.2) is 13.2 Å². The van der Waals surface area contributed by atoms with E-state index >= 15 is 0 Å². The summed E-state index contributed by atoms with van der Waals surface area (Å²) in [5.41, 5.74) is 7.12. The molecule has 0 saturated carbocycles. The molecule has 2 nitrogen and oxygen atoms in total. The summed E-state index contributed by atoms with van der Waals surface area (Å²) in [5, 5.41) is 0. The van der Waals surface area contributed by atoms with Gasteiger partial charge in [-0.15, -0.1) is 0 Å². The summed E-state index contributed by atoms with van der Waals surface area (Å²) in [6, 6.07) is 4.26. The predicted molar refractivity (Wildman–Crippen MR) is 111 cm³/mol.